The highest BCUT2D eigenvalue weighted by Crippen LogP contribution is 2.26. The number of nitrogen functional groups attached to an aromatic ring is 1. The van der Waals surface area contributed by atoms with Crippen molar-refractivity contribution in [3.05, 3.63) is 30.5 Å². The van der Waals surface area contributed by atoms with E-state index in [9.17, 15) is 5.11 Å². The van der Waals surface area contributed by atoms with Crippen LogP contribution in [0, 0.1) is 0 Å². The summed E-state index contributed by atoms with van der Waals surface area (Å²) in [5, 5.41) is 12.8. The summed E-state index contributed by atoms with van der Waals surface area (Å²) >= 11 is 0. The van der Waals surface area contributed by atoms with Crippen molar-refractivity contribution in [2.75, 3.05) is 5.73 Å². The normalized spacial score (nSPS) is 10.2. The number of aromatic hydroxyl groups is 1. The van der Waals surface area contributed by atoms with Crippen molar-refractivity contribution in [1.29, 1.82) is 0 Å². The molecule has 13 heavy (non-hydrogen) atoms. The number of phenols is 1. The molecule has 2 rings (SSSR count). The predicted molar refractivity (Wildman–Crippen MR) is 48.0 cm³/mol. The van der Waals surface area contributed by atoms with Crippen molar-refractivity contribution < 1.29 is 9.63 Å². The molecule has 1 aromatic heterocycles. The third-order valence-corrected chi connectivity index (χ3v) is 1.75. The number of nitrogens with two attached hydrogens (primary N) is 1. The fourth-order valence-corrected chi connectivity index (χ4v) is 1.13. The molecule has 0 aliphatic carbocycles. The molecule has 4 nitrogen and oxygen atoms in total. The van der Waals surface area contributed by atoms with Gasteiger partial charge in [0.1, 0.15) is 12.0 Å². The van der Waals surface area contributed by atoms with E-state index in [1.807, 2.05) is 6.07 Å². The van der Waals surface area contributed by atoms with Crippen molar-refractivity contribution in [1.82, 2.24) is 5.16 Å². The average molecular weight is 176 g/mol. The fourth-order valence-electron chi connectivity index (χ4n) is 1.13. The number of anilines is 1. The van der Waals surface area contributed by atoms with Crippen LogP contribution in [0.25, 0.3) is 11.1 Å². The van der Waals surface area contributed by atoms with E-state index in [1.54, 1.807) is 18.2 Å². The van der Waals surface area contributed by atoms with Gasteiger partial charge in [-0.05, 0) is 17.7 Å². The second-order valence-corrected chi connectivity index (χ2v) is 2.66. The first-order chi connectivity index (χ1) is 6.27. The Hall–Kier alpha value is -1.97. The Kier molecular flexibility index (Phi) is 1.66. The van der Waals surface area contributed by atoms with E-state index < -0.39 is 0 Å². The molecule has 2 aromatic rings. The van der Waals surface area contributed by atoms with Crippen LogP contribution in [-0.2, 0) is 0 Å². The summed E-state index contributed by atoms with van der Waals surface area (Å²) in [6.45, 7) is 0. The highest BCUT2D eigenvalue weighted by atomic mass is 16.5. The number of hydrogen-bond acceptors (Lipinski definition) is 4. The second kappa shape index (κ2) is 2.82. The van der Waals surface area contributed by atoms with Gasteiger partial charge >= 0.3 is 0 Å². The number of aromatic nitrogens is 1. The molecular weight excluding hydrogens is 168 g/mol. The van der Waals surface area contributed by atoms with E-state index in [0.29, 0.717) is 11.4 Å². The monoisotopic (exact) mass is 176 g/mol. The van der Waals surface area contributed by atoms with E-state index in [4.69, 9.17) is 5.73 Å². The molecule has 0 bridgehead atoms. The van der Waals surface area contributed by atoms with Crippen molar-refractivity contribution >= 4 is 5.82 Å². The number of phenolic OH excluding ortho intramolecular Hbond substituents is 1. The lowest BCUT2D eigenvalue weighted by Gasteiger charge is -1.97. The fraction of sp³-hybridized carbons (Fsp3) is 0. The first-order valence-electron chi connectivity index (χ1n) is 3.76. The molecule has 1 aromatic carbocycles. The topological polar surface area (TPSA) is 72.3 Å². The van der Waals surface area contributed by atoms with Crippen molar-refractivity contribution in [2.45, 2.75) is 0 Å². The molecule has 4 heteroatoms. The molecule has 0 saturated heterocycles. The summed E-state index contributed by atoms with van der Waals surface area (Å²) in [6.07, 6.45) is 1.45. The Labute approximate surface area is 74.6 Å². The molecule has 0 aliphatic heterocycles. The highest BCUT2D eigenvalue weighted by Gasteiger charge is 2.06. The number of nitrogens with zero attached hydrogens (tertiary/aromatic N) is 1. The van der Waals surface area contributed by atoms with Crippen LogP contribution in [0.15, 0.2) is 35.1 Å². The quantitative estimate of drug-likeness (QED) is 0.692. The third kappa shape index (κ3) is 1.33. The van der Waals surface area contributed by atoms with Gasteiger partial charge in [0.25, 0.3) is 0 Å². The van der Waals surface area contributed by atoms with E-state index in [0.717, 1.165) is 5.56 Å². The molecule has 66 valence electrons. The molecule has 1 heterocycles. The Morgan fingerprint density at radius 2 is 2.23 bits per heavy atom. The SMILES string of the molecule is Nc1nocc1-c1cccc(O)c1. The zero-order valence-corrected chi connectivity index (χ0v) is 6.77. The maximum absolute atomic E-state index is 9.21. The van der Waals surface area contributed by atoms with Gasteiger partial charge in [0.15, 0.2) is 5.82 Å². The average Bonchev–Trinajstić information content (AvgIpc) is 2.51. The highest BCUT2D eigenvalue weighted by molar-refractivity contribution is 5.73. The van der Waals surface area contributed by atoms with Crippen molar-refractivity contribution in [3.63, 3.8) is 0 Å². The van der Waals surface area contributed by atoms with E-state index in [-0.39, 0.29) is 5.75 Å². The Morgan fingerprint density at radius 1 is 1.38 bits per heavy atom. The number of hydrogen-bond donors (Lipinski definition) is 2. The van der Waals surface area contributed by atoms with E-state index >= 15 is 0 Å². The maximum Gasteiger partial charge on any atom is 0.174 e. The lowest BCUT2D eigenvalue weighted by Crippen LogP contribution is -1.86. The molecule has 0 radical (unpaired) electrons. The van der Waals surface area contributed by atoms with Crippen molar-refractivity contribution in [2.24, 2.45) is 0 Å². The molecular formula is C9H8N2O2. The Balaban J connectivity index is 2.53. The summed E-state index contributed by atoms with van der Waals surface area (Å²) in [5.74, 6) is 0.517. The zero-order valence-electron chi connectivity index (χ0n) is 6.77. The van der Waals surface area contributed by atoms with Crippen LogP contribution < -0.4 is 5.73 Å². The molecule has 0 fully saturated rings. The lowest BCUT2D eigenvalue weighted by molar-refractivity contribution is 0.423. The number of rotatable bonds is 1. The largest absolute Gasteiger partial charge is 0.508 e. The Morgan fingerprint density at radius 3 is 2.85 bits per heavy atom. The van der Waals surface area contributed by atoms with Gasteiger partial charge in [-0.15, -0.1) is 0 Å². The van der Waals surface area contributed by atoms with Gasteiger partial charge in [-0.25, -0.2) is 0 Å². The van der Waals surface area contributed by atoms with Gasteiger partial charge in [-0.2, -0.15) is 0 Å². The van der Waals surface area contributed by atoms with Gasteiger partial charge in [-0.1, -0.05) is 17.3 Å². The first-order valence-corrected chi connectivity index (χ1v) is 3.76. The van der Waals surface area contributed by atoms with Crippen LogP contribution in [-0.4, -0.2) is 10.3 Å². The lowest BCUT2D eigenvalue weighted by atomic mass is 10.1. The van der Waals surface area contributed by atoms with Gasteiger partial charge < -0.3 is 15.4 Å². The predicted octanol–water partition coefficient (Wildman–Crippen LogP) is 1.63. The molecule has 0 spiro atoms. The minimum absolute atomic E-state index is 0.193. The smallest absolute Gasteiger partial charge is 0.174 e. The summed E-state index contributed by atoms with van der Waals surface area (Å²) < 4.78 is 4.68. The summed E-state index contributed by atoms with van der Waals surface area (Å²) in [7, 11) is 0. The molecule has 0 amide bonds. The number of benzene rings is 1. The zero-order chi connectivity index (χ0) is 9.26. The molecule has 0 unspecified atom stereocenters. The minimum atomic E-state index is 0.193. The summed E-state index contributed by atoms with van der Waals surface area (Å²) in [4.78, 5) is 0. The standard InChI is InChI=1S/C9H8N2O2/c10-9-8(5-13-11-9)6-2-1-3-7(12)4-6/h1-5,12H,(H2,10,11). The van der Waals surface area contributed by atoms with Gasteiger partial charge in [0, 0.05) is 0 Å². The van der Waals surface area contributed by atoms with Crippen LogP contribution in [0.5, 0.6) is 5.75 Å². The van der Waals surface area contributed by atoms with Crippen LogP contribution in [0.4, 0.5) is 5.82 Å². The first kappa shape index (κ1) is 7.67. The van der Waals surface area contributed by atoms with Crippen LogP contribution in [0.3, 0.4) is 0 Å². The van der Waals surface area contributed by atoms with E-state index in [2.05, 4.69) is 9.68 Å². The minimum Gasteiger partial charge on any atom is -0.508 e. The summed E-state index contributed by atoms with van der Waals surface area (Å²) in [6, 6.07) is 6.75. The van der Waals surface area contributed by atoms with Crippen LogP contribution in [0.1, 0.15) is 0 Å². The second-order valence-electron chi connectivity index (χ2n) is 2.66. The summed E-state index contributed by atoms with van der Waals surface area (Å²) in [5.41, 5.74) is 7.02. The van der Waals surface area contributed by atoms with Crippen LogP contribution >= 0.6 is 0 Å². The van der Waals surface area contributed by atoms with Gasteiger partial charge in [0.05, 0.1) is 5.56 Å². The van der Waals surface area contributed by atoms with Crippen molar-refractivity contribution in [3.8, 4) is 16.9 Å². The molecule has 0 atom stereocenters. The van der Waals surface area contributed by atoms with Gasteiger partial charge in [-0.3, -0.25) is 0 Å². The van der Waals surface area contributed by atoms with E-state index in [1.165, 1.54) is 6.26 Å². The molecule has 3 N–H and O–H groups in total. The van der Waals surface area contributed by atoms with Crippen LogP contribution in [0.2, 0.25) is 0 Å². The Bertz CT molecular complexity index is 423. The third-order valence-electron chi connectivity index (χ3n) is 1.75. The van der Waals surface area contributed by atoms with Gasteiger partial charge in [0.2, 0.25) is 0 Å². The molecule has 0 saturated carbocycles. The maximum atomic E-state index is 9.21. The molecule has 0 aliphatic rings.